The third kappa shape index (κ3) is 5.84. The summed E-state index contributed by atoms with van der Waals surface area (Å²) in [4.78, 5) is 11.9. The highest BCUT2D eigenvalue weighted by Gasteiger charge is 2.09. The highest BCUT2D eigenvalue weighted by atomic mass is 35.5. The minimum atomic E-state index is -0.223. The number of carbonyl (C=O) groups excluding carboxylic acids is 1. The van der Waals surface area contributed by atoms with E-state index in [0.717, 1.165) is 0 Å². The van der Waals surface area contributed by atoms with Crippen LogP contribution in [0, 0.1) is 0 Å². The quantitative estimate of drug-likeness (QED) is 0.784. The van der Waals surface area contributed by atoms with Crippen LogP contribution in [0.15, 0.2) is 24.3 Å². The molecule has 0 fully saturated rings. The maximum absolute atomic E-state index is 11.5. The van der Waals surface area contributed by atoms with Gasteiger partial charge in [0.1, 0.15) is 5.75 Å². The molecule has 0 saturated heterocycles. The largest absolute Gasteiger partial charge is 0.484 e. The molecule has 0 heterocycles. The molecule has 4 nitrogen and oxygen atoms in total. The number of hydrogen-bond donors (Lipinski definition) is 2. The Morgan fingerprint density at radius 1 is 1.61 bits per heavy atom. The summed E-state index contributed by atoms with van der Waals surface area (Å²) >= 11 is 10.6. The Hall–Kier alpha value is -1.33. The molecule has 0 bridgehead atoms. The van der Waals surface area contributed by atoms with Crippen LogP contribution in [0.5, 0.6) is 5.75 Å². The highest BCUT2D eigenvalue weighted by Crippen LogP contribution is 2.16. The van der Waals surface area contributed by atoms with Gasteiger partial charge in [-0.05, 0) is 25.1 Å². The van der Waals surface area contributed by atoms with Crippen LogP contribution in [0.25, 0.3) is 0 Å². The van der Waals surface area contributed by atoms with E-state index in [1.807, 2.05) is 6.92 Å². The van der Waals surface area contributed by atoms with Gasteiger partial charge < -0.3 is 15.8 Å². The topological polar surface area (TPSA) is 64.3 Å². The van der Waals surface area contributed by atoms with E-state index in [2.05, 4.69) is 5.32 Å². The predicted molar refractivity (Wildman–Crippen MR) is 76.0 cm³/mol. The lowest BCUT2D eigenvalue weighted by Gasteiger charge is -2.13. The molecule has 0 aromatic heterocycles. The van der Waals surface area contributed by atoms with Gasteiger partial charge in [0.05, 0.1) is 4.99 Å². The maximum atomic E-state index is 11.5. The maximum Gasteiger partial charge on any atom is 0.258 e. The molecule has 1 atom stereocenters. The molecule has 0 saturated carbocycles. The zero-order chi connectivity index (χ0) is 13.5. The number of halogens is 1. The molecule has 1 aromatic rings. The Labute approximate surface area is 116 Å². The number of nitrogens with one attached hydrogen (secondary N) is 1. The minimum Gasteiger partial charge on any atom is -0.484 e. The van der Waals surface area contributed by atoms with Crippen molar-refractivity contribution in [2.45, 2.75) is 19.4 Å². The summed E-state index contributed by atoms with van der Waals surface area (Å²) in [5.41, 5.74) is 5.38. The lowest BCUT2D eigenvalue weighted by molar-refractivity contribution is -0.123. The second-order valence-electron chi connectivity index (χ2n) is 3.89. The molecule has 0 spiro atoms. The van der Waals surface area contributed by atoms with Crippen molar-refractivity contribution in [3.63, 3.8) is 0 Å². The fourth-order valence-corrected chi connectivity index (χ4v) is 1.81. The normalized spacial score (nSPS) is 11.7. The molecular weight excluding hydrogens is 272 g/mol. The van der Waals surface area contributed by atoms with Gasteiger partial charge in [-0.25, -0.2) is 0 Å². The Morgan fingerprint density at radius 3 is 2.94 bits per heavy atom. The summed E-state index contributed by atoms with van der Waals surface area (Å²) in [7, 11) is 0. The van der Waals surface area contributed by atoms with Gasteiger partial charge in [0.2, 0.25) is 0 Å². The number of ether oxygens (including phenoxy) is 1. The summed E-state index contributed by atoms with van der Waals surface area (Å²) in [6, 6.07) is 6.77. The van der Waals surface area contributed by atoms with E-state index in [-0.39, 0.29) is 18.6 Å². The van der Waals surface area contributed by atoms with E-state index in [1.165, 1.54) is 0 Å². The average molecular weight is 287 g/mol. The predicted octanol–water partition coefficient (Wildman–Crippen LogP) is 1.90. The van der Waals surface area contributed by atoms with Crippen LogP contribution >= 0.6 is 23.8 Å². The van der Waals surface area contributed by atoms with Crippen LogP contribution in [0.4, 0.5) is 0 Å². The van der Waals surface area contributed by atoms with Crippen molar-refractivity contribution in [3.8, 4) is 5.75 Å². The van der Waals surface area contributed by atoms with E-state index in [0.29, 0.717) is 22.2 Å². The van der Waals surface area contributed by atoms with Crippen LogP contribution in [0.1, 0.15) is 13.3 Å². The Kier molecular flexibility index (Phi) is 5.88. The number of carbonyl (C=O) groups is 1. The van der Waals surface area contributed by atoms with E-state index in [1.54, 1.807) is 24.3 Å². The van der Waals surface area contributed by atoms with Crippen LogP contribution < -0.4 is 15.8 Å². The Balaban J connectivity index is 2.35. The van der Waals surface area contributed by atoms with Gasteiger partial charge in [0, 0.05) is 17.5 Å². The summed E-state index contributed by atoms with van der Waals surface area (Å²) in [5.74, 6) is 0.332. The van der Waals surface area contributed by atoms with Crippen LogP contribution in [0.2, 0.25) is 5.02 Å². The molecule has 1 aromatic carbocycles. The molecule has 0 aliphatic heterocycles. The highest BCUT2D eigenvalue weighted by molar-refractivity contribution is 7.80. The second kappa shape index (κ2) is 7.18. The number of hydrogen-bond acceptors (Lipinski definition) is 3. The van der Waals surface area contributed by atoms with Crippen molar-refractivity contribution >= 4 is 34.7 Å². The van der Waals surface area contributed by atoms with Gasteiger partial charge in [0.15, 0.2) is 6.61 Å². The summed E-state index contributed by atoms with van der Waals surface area (Å²) in [6.07, 6.45) is 0.470. The molecule has 18 heavy (non-hydrogen) atoms. The number of amides is 1. The van der Waals surface area contributed by atoms with Crippen molar-refractivity contribution in [3.05, 3.63) is 29.3 Å². The molecule has 0 aliphatic carbocycles. The molecule has 1 unspecified atom stereocenters. The fourth-order valence-electron chi connectivity index (χ4n) is 1.37. The zero-order valence-corrected chi connectivity index (χ0v) is 11.6. The lowest BCUT2D eigenvalue weighted by atomic mass is 10.2. The summed E-state index contributed by atoms with van der Waals surface area (Å²) in [5, 5.41) is 3.30. The van der Waals surface area contributed by atoms with Gasteiger partial charge >= 0.3 is 0 Å². The number of thiocarbonyl (C=S) groups is 1. The van der Waals surface area contributed by atoms with E-state index >= 15 is 0 Å². The first-order valence-electron chi connectivity index (χ1n) is 5.43. The number of rotatable bonds is 6. The van der Waals surface area contributed by atoms with Crippen LogP contribution in [0.3, 0.4) is 0 Å². The van der Waals surface area contributed by atoms with Gasteiger partial charge in [-0.1, -0.05) is 29.9 Å². The molecular formula is C12H15ClN2O2S. The van der Waals surface area contributed by atoms with Crippen LogP contribution in [-0.4, -0.2) is 23.5 Å². The molecule has 0 radical (unpaired) electrons. The molecule has 1 amide bonds. The first kappa shape index (κ1) is 14.7. The molecule has 3 N–H and O–H groups in total. The van der Waals surface area contributed by atoms with Gasteiger partial charge in [0.25, 0.3) is 5.91 Å². The van der Waals surface area contributed by atoms with E-state index < -0.39 is 0 Å². The van der Waals surface area contributed by atoms with Gasteiger partial charge in [-0.3, -0.25) is 4.79 Å². The number of benzene rings is 1. The molecule has 6 heteroatoms. The van der Waals surface area contributed by atoms with Gasteiger partial charge in [-0.15, -0.1) is 0 Å². The fraction of sp³-hybridized carbons (Fsp3) is 0.333. The third-order valence-electron chi connectivity index (χ3n) is 2.08. The zero-order valence-electron chi connectivity index (χ0n) is 9.98. The second-order valence-corrected chi connectivity index (χ2v) is 4.85. The summed E-state index contributed by atoms with van der Waals surface area (Å²) in [6.45, 7) is 1.76. The van der Waals surface area contributed by atoms with Crippen molar-refractivity contribution in [1.82, 2.24) is 5.32 Å². The molecule has 98 valence electrons. The monoisotopic (exact) mass is 286 g/mol. The first-order chi connectivity index (χ1) is 8.47. The first-order valence-corrected chi connectivity index (χ1v) is 6.22. The Bertz CT molecular complexity index is 440. The SMILES string of the molecule is CC(CC(N)=S)NC(=O)COc1cccc(Cl)c1. The van der Waals surface area contributed by atoms with Crippen molar-refractivity contribution < 1.29 is 9.53 Å². The standard InChI is InChI=1S/C12H15ClN2O2S/c1-8(5-11(14)18)15-12(16)7-17-10-4-2-3-9(13)6-10/h2-4,6,8H,5,7H2,1H3,(H2,14,18)(H,15,16). The van der Waals surface area contributed by atoms with Crippen molar-refractivity contribution in [1.29, 1.82) is 0 Å². The molecule has 1 rings (SSSR count). The lowest BCUT2D eigenvalue weighted by Crippen LogP contribution is -2.38. The molecule has 0 aliphatic rings. The number of nitrogens with two attached hydrogens (primary N) is 1. The minimum absolute atomic E-state index is 0.0674. The smallest absolute Gasteiger partial charge is 0.258 e. The van der Waals surface area contributed by atoms with Gasteiger partial charge in [-0.2, -0.15) is 0 Å². The average Bonchev–Trinajstić information content (AvgIpc) is 2.25. The van der Waals surface area contributed by atoms with Crippen LogP contribution in [-0.2, 0) is 4.79 Å². The van der Waals surface area contributed by atoms with E-state index in [4.69, 9.17) is 34.3 Å². The third-order valence-corrected chi connectivity index (χ3v) is 2.48. The van der Waals surface area contributed by atoms with Crippen molar-refractivity contribution in [2.24, 2.45) is 5.73 Å². The Morgan fingerprint density at radius 2 is 2.33 bits per heavy atom. The van der Waals surface area contributed by atoms with E-state index in [9.17, 15) is 4.79 Å². The van der Waals surface area contributed by atoms with Crippen molar-refractivity contribution in [2.75, 3.05) is 6.61 Å². The summed E-state index contributed by atoms with van der Waals surface area (Å²) < 4.78 is 5.29.